The fourth-order valence-electron chi connectivity index (χ4n) is 1.18. The van der Waals surface area contributed by atoms with Gasteiger partial charge >= 0.3 is 5.97 Å². The molecule has 0 saturated heterocycles. The van der Waals surface area contributed by atoms with Crippen LogP contribution in [0, 0.1) is 11.8 Å². The van der Waals surface area contributed by atoms with Gasteiger partial charge in [-0.05, 0) is 25.2 Å². The first-order chi connectivity index (χ1) is 7.69. The molecule has 4 nitrogen and oxygen atoms in total. The highest BCUT2D eigenvalue weighted by Crippen LogP contribution is 2.13. The summed E-state index contributed by atoms with van der Waals surface area (Å²) in [4.78, 5) is 11.5. The molecule has 0 amide bonds. The SMILES string of the molecule is CNCC#Cc1ccc(N)cc1C(=O)OC. The summed E-state index contributed by atoms with van der Waals surface area (Å²) in [5, 5.41) is 2.90. The van der Waals surface area contributed by atoms with Crippen molar-refractivity contribution in [2.24, 2.45) is 0 Å². The molecule has 3 N–H and O–H groups in total. The van der Waals surface area contributed by atoms with Crippen LogP contribution in [0.2, 0.25) is 0 Å². The highest BCUT2D eigenvalue weighted by atomic mass is 16.5. The molecule has 4 heteroatoms. The molecule has 0 fully saturated rings. The summed E-state index contributed by atoms with van der Waals surface area (Å²) in [6.45, 7) is 0.561. The normalized spacial score (nSPS) is 9.12. The number of rotatable bonds is 2. The topological polar surface area (TPSA) is 64.3 Å². The molecule has 1 aromatic carbocycles. The van der Waals surface area contributed by atoms with E-state index in [1.165, 1.54) is 7.11 Å². The van der Waals surface area contributed by atoms with Gasteiger partial charge in [0.25, 0.3) is 0 Å². The van der Waals surface area contributed by atoms with Crippen LogP contribution in [-0.2, 0) is 4.74 Å². The lowest BCUT2D eigenvalue weighted by molar-refractivity contribution is 0.0600. The number of ether oxygens (including phenoxy) is 1. The van der Waals surface area contributed by atoms with Crippen molar-refractivity contribution >= 4 is 11.7 Å². The third-order valence-corrected chi connectivity index (χ3v) is 1.94. The van der Waals surface area contributed by atoms with Gasteiger partial charge in [-0.15, -0.1) is 0 Å². The zero-order chi connectivity index (χ0) is 12.0. The number of carbonyl (C=O) groups excluding carboxylic acids is 1. The summed E-state index contributed by atoms with van der Waals surface area (Å²) in [7, 11) is 3.13. The molecule has 1 rings (SSSR count). The van der Waals surface area contributed by atoms with Gasteiger partial charge in [0.2, 0.25) is 0 Å². The Hall–Kier alpha value is -1.99. The summed E-state index contributed by atoms with van der Waals surface area (Å²) in [5.74, 6) is 5.34. The van der Waals surface area contributed by atoms with Gasteiger partial charge in [0.1, 0.15) is 0 Å². The second-order valence-corrected chi connectivity index (χ2v) is 3.13. The van der Waals surface area contributed by atoms with Crippen LogP contribution in [0.1, 0.15) is 15.9 Å². The zero-order valence-corrected chi connectivity index (χ0v) is 9.33. The quantitative estimate of drug-likeness (QED) is 0.434. The molecule has 0 radical (unpaired) electrons. The van der Waals surface area contributed by atoms with Gasteiger partial charge in [0.15, 0.2) is 0 Å². The Morgan fingerprint density at radius 3 is 2.94 bits per heavy atom. The van der Waals surface area contributed by atoms with Gasteiger partial charge in [-0.25, -0.2) is 4.79 Å². The minimum Gasteiger partial charge on any atom is -0.465 e. The lowest BCUT2D eigenvalue weighted by atomic mass is 10.1. The minimum absolute atomic E-state index is 0.395. The van der Waals surface area contributed by atoms with E-state index in [2.05, 4.69) is 21.9 Å². The van der Waals surface area contributed by atoms with Crippen molar-refractivity contribution in [1.82, 2.24) is 5.32 Å². The van der Waals surface area contributed by atoms with E-state index in [1.807, 2.05) is 0 Å². The molecule has 0 aliphatic carbocycles. The third-order valence-electron chi connectivity index (χ3n) is 1.94. The number of anilines is 1. The van der Waals surface area contributed by atoms with Crippen LogP contribution in [0.25, 0.3) is 0 Å². The Morgan fingerprint density at radius 2 is 2.31 bits per heavy atom. The van der Waals surface area contributed by atoms with Crippen LogP contribution in [-0.4, -0.2) is 26.7 Å². The number of benzene rings is 1. The van der Waals surface area contributed by atoms with Crippen molar-refractivity contribution in [1.29, 1.82) is 0 Å². The fourth-order valence-corrected chi connectivity index (χ4v) is 1.18. The van der Waals surface area contributed by atoms with Crippen LogP contribution in [0.5, 0.6) is 0 Å². The largest absolute Gasteiger partial charge is 0.465 e. The number of carbonyl (C=O) groups is 1. The number of methoxy groups -OCH3 is 1. The van der Waals surface area contributed by atoms with Crippen molar-refractivity contribution in [3.8, 4) is 11.8 Å². The monoisotopic (exact) mass is 218 g/mol. The van der Waals surface area contributed by atoms with E-state index in [0.717, 1.165) is 0 Å². The van der Waals surface area contributed by atoms with E-state index in [0.29, 0.717) is 23.4 Å². The summed E-state index contributed by atoms with van der Waals surface area (Å²) >= 11 is 0. The molecular weight excluding hydrogens is 204 g/mol. The smallest absolute Gasteiger partial charge is 0.339 e. The fraction of sp³-hybridized carbons (Fsp3) is 0.250. The molecule has 16 heavy (non-hydrogen) atoms. The standard InChI is InChI=1S/C12H14N2O2/c1-14-7-3-4-9-5-6-10(13)8-11(9)12(15)16-2/h5-6,8,14H,7,13H2,1-2H3. The number of esters is 1. The molecular formula is C12H14N2O2. The first kappa shape index (κ1) is 12.1. The molecule has 0 bridgehead atoms. The highest BCUT2D eigenvalue weighted by molar-refractivity contribution is 5.93. The maximum atomic E-state index is 11.5. The Bertz CT molecular complexity index is 444. The van der Waals surface area contributed by atoms with Crippen LogP contribution >= 0.6 is 0 Å². The highest BCUT2D eigenvalue weighted by Gasteiger charge is 2.10. The predicted molar refractivity (Wildman–Crippen MR) is 63.0 cm³/mol. The van der Waals surface area contributed by atoms with Crippen molar-refractivity contribution in [3.05, 3.63) is 29.3 Å². The summed E-state index contributed by atoms with van der Waals surface area (Å²) in [6, 6.07) is 4.98. The molecule has 0 heterocycles. The van der Waals surface area contributed by atoms with Gasteiger partial charge in [-0.2, -0.15) is 0 Å². The molecule has 0 atom stereocenters. The van der Waals surface area contributed by atoms with Crippen LogP contribution < -0.4 is 11.1 Å². The predicted octanol–water partition coefficient (Wildman–Crippen LogP) is 0.626. The van der Waals surface area contributed by atoms with Crippen LogP contribution in [0.3, 0.4) is 0 Å². The maximum absolute atomic E-state index is 11.5. The molecule has 0 aliphatic rings. The summed E-state index contributed by atoms with van der Waals surface area (Å²) in [5.41, 5.74) is 7.14. The van der Waals surface area contributed by atoms with Crippen molar-refractivity contribution in [3.63, 3.8) is 0 Å². The molecule has 0 saturated carbocycles. The van der Waals surface area contributed by atoms with E-state index in [9.17, 15) is 4.79 Å². The zero-order valence-electron chi connectivity index (χ0n) is 9.33. The first-order valence-electron chi connectivity index (χ1n) is 4.80. The Balaban J connectivity index is 3.09. The van der Waals surface area contributed by atoms with Gasteiger partial charge in [-0.1, -0.05) is 11.8 Å². The number of nitrogen functional groups attached to an aromatic ring is 1. The van der Waals surface area contributed by atoms with E-state index in [4.69, 9.17) is 5.73 Å². The van der Waals surface area contributed by atoms with E-state index < -0.39 is 5.97 Å². The number of hydrogen-bond acceptors (Lipinski definition) is 4. The summed E-state index contributed by atoms with van der Waals surface area (Å²) in [6.07, 6.45) is 0. The molecule has 0 unspecified atom stereocenters. The number of nitrogens with one attached hydrogen (secondary N) is 1. The first-order valence-corrected chi connectivity index (χ1v) is 4.80. The van der Waals surface area contributed by atoms with E-state index >= 15 is 0 Å². The van der Waals surface area contributed by atoms with Gasteiger partial charge in [-0.3, -0.25) is 0 Å². The molecule has 0 aliphatic heterocycles. The van der Waals surface area contributed by atoms with E-state index in [-0.39, 0.29) is 0 Å². The number of hydrogen-bond donors (Lipinski definition) is 2. The molecule has 84 valence electrons. The second kappa shape index (κ2) is 5.79. The molecule has 0 spiro atoms. The average molecular weight is 218 g/mol. The average Bonchev–Trinajstić information content (AvgIpc) is 2.30. The Labute approximate surface area is 94.8 Å². The van der Waals surface area contributed by atoms with Gasteiger partial charge < -0.3 is 15.8 Å². The Morgan fingerprint density at radius 1 is 1.56 bits per heavy atom. The maximum Gasteiger partial charge on any atom is 0.339 e. The second-order valence-electron chi connectivity index (χ2n) is 3.13. The van der Waals surface area contributed by atoms with E-state index in [1.54, 1.807) is 25.2 Å². The third kappa shape index (κ3) is 3.01. The van der Waals surface area contributed by atoms with Crippen molar-refractivity contribution < 1.29 is 9.53 Å². The molecule has 0 aromatic heterocycles. The van der Waals surface area contributed by atoms with Gasteiger partial charge in [0.05, 0.1) is 19.2 Å². The molecule has 1 aromatic rings. The lowest BCUT2D eigenvalue weighted by Gasteiger charge is -2.03. The van der Waals surface area contributed by atoms with Crippen molar-refractivity contribution in [2.45, 2.75) is 0 Å². The van der Waals surface area contributed by atoms with Crippen LogP contribution in [0.4, 0.5) is 5.69 Å². The van der Waals surface area contributed by atoms with Gasteiger partial charge in [0, 0.05) is 11.3 Å². The van der Waals surface area contributed by atoms with Crippen molar-refractivity contribution in [2.75, 3.05) is 26.4 Å². The lowest BCUT2D eigenvalue weighted by Crippen LogP contribution is -2.06. The minimum atomic E-state index is -0.430. The number of nitrogens with two attached hydrogens (primary N) is 1. The van der Waals surface area contributed by atoms with Crippen LogP contribution in [0.15, 0.2) is 18.2 Å². The Kier molecular flexibility index (Phi) is 4.37. The summed E-state index contributed by atoms with van der Waals surface area (Å²) < 4.78 is 4.66.